The van der Waals surface area contributed by atoms with Crippen molar-refractivity contribution >= 4 is 35.2 Å². The monoisotopic (exact) mass is 392 g/mol. The number of pyridine rings is 1. The van der Waals surface area contributed by atoms with Crippen molar-refractivity contribution in [3.63, 3.8) is 0 Å². The van der Waals surface area contributed by atoms with E-state index in [9.17, 15) is 18.0 Å². The van der Waals surface area contributed by atoms with Crippen LogP contribution in [0.1, 0.15) is 17.3 Å². The molecule has 1 fully saturated rings. The highest BCUT2D eigenvalue weighted by molar-refractivity contribution is 6.45. The van der Waals surface area contributed by atoms with Crippen LogP contribution in [-0.2, 0) is 11.0 Å². The number of carbonyl (C=O) groups is 1. The number of piperazine rings is 1. The van der Waals surface area contributed by atoms with Crippen molar-refractivity contribution in [3.05, 3.63) is 39.3 Å². The van der Waals surface area contributed by atoms with Gasteiger partial charge in [0.25, 0.3) is 0 Å². The Morgan fingerprint density at radius 1 is 1.24 bits per heavy atom. The van der Waals surface area contributed by atoms with E-state index in [0.29, 0.717) is 25.0 Å². The number of rotatable bonds is 2. The van der Waals surface area contributed by atoms with Crippen LogP contribution in [0.15, 0.2) is 28.0 Å². The van der Waals surface area contributed by atoms with E-state index in [4.69, 9.17) is 23.2 Å². The number of carbonyl (C=O) groups excluding carboxylic acids is 1. The molecule has 0 aromatic carbocycles. The topological polar surface area (TPSA) is 57.6 Å². The van der Waals surface area contributed by atoms with Crippen LogP contribution in [0.25, 0.3) is 0 Å². The number of nitrogens with one attached hydrogen (secondary N) is 1. The maximum Gasteiger partial charge on any atom is 0.417 e. The van der Waals surface area contributed by atoms with Crippen LogP contribution >= 0.6 is 23.2 Å². The highest BCUT2D eigenvalue weighted by Crippen LogP contribution is 2.36. The summed E-state index contributed by atoms with van der Waals surface area (Å²) in [5.41, 5.74) is -0.530. The van der Waals surface area contributed by atoms with Crippen LogP contribution in [-0.4, -0.2) is 48.1 Å². The third-order valence-electron chi connectivity index (χ3n) is 3.95. The van der Waals surface area contributed by atoms with Gasteiger partial charge in [-0.2, -0.15) is 13.2 Å². The summed E-state index contributed by atoms with van der Waals surface area (Å²) in [5.74, 6) is -0.535. The second-order valence-electron chi connectivity index (χ2n) is 5.57. The molecule has 25 heavy (non-hydrogen) atoms. The van der Waals surface area contributed by atoms with Crippen LogP contribution < -0.4 is 5.32 Å². The molecule has 1 atom stereocenters. The van der Waals surface area contributed by atoms with Crippen LogP contribution in [0.4, 0.5) is 13.2 Å². The van der Waals surface area contributed by atoms with E-state index >= 15 is 0 Å². The summed E-state index contributed by atoms with van der Waals surface area (Å²) in [6.07, 6.45) is -2.48. The normalized spacial score (nSPS) is 21.9. The molecule has 3 heterocycles. The summed E-state index contributed by atoms with van der Waals surface area (Å²) in [5, 5.41) is 2.89. The first-order valence-corrected chi connectivity index (χ1v) is 8.20. The number of aromatic nitrogens is 1. The largest absolute Gasteiger partial charge is 0.417 e. The maximum absolute atomic E-state index is 12.7. The fourth-order valence-electron chi connectivity index (χ4n) is 2.64. The second-order valence-corrected chi connectivity index (χ2v) is 6.36. The predicted molar refractivity (Wildman–Crippen MR) is 87.8 cm³/mol. The molecule has 2 aliphatic heterocycles. The molecule has 134 valence electrons. The van der Waals surface area contributed by atoms with Crippen molar-refractivity contribution in [1.29, 1.82) is 0 Å². The highest BCUT2D eigenvalue weighted by Gasteiger charge is 2.35. The van der Waals surface area contributed by atoms with Crippen molar-refractivity contribution in [2.45, 2.75) is 12.2 Å². The van der Waals surface area contributed by atoms with Gasteiger partial charge in [0.05, 0.1) is 22.0 Å². The first-order valence-electron chi connectivity index (χ1n) is 7.44. The fraction of sp³-hybridized carbons (Fsp3) is 0.400. The van der Waals surface area contributed by atoms with Crippen molar-refractivity contribution < 1.29 is 18.0 Å². The summed E-state index contributed by atoms with van der Waals surface area (Å²) in [6, 6.07) is -0.412. The molecule has 0 unspecified atom stereocenters. The number of aliphatic imine (C=N–C) groups is 1. The van der Waals surface area contributed by atoms with Crippen LogP contribution in [0, 0.1) is 0 Å². The minimum atomic E-state index is -4.57. The van der Waals surface area contributed by atoms with Gasteiger partial charge in [-0.25, -0.2) is 0 Å². The molecule has 0 aliphatic carbocycles. The third kappa shape index (κ3) is 3.65. The van der Waals surface area contributed by atoms with E-state index in [2.05, 4.69) is 15.3 Å². The third-order valence-corrected chi connectivity index (χ3v) is 4.63. The first-order chi connectivity index (χ1) is 11.8. The Bertz CT molecular complexity index is 758. The Morgan fingerprint density at radius 3 is 2.52 bits per heavy atom. The van der Waals surface area contributed by atoms with Crippen molar-refractivity contribution in [2.24, 2.45) is 4.99 Å². The number of dihydropyridines is 1. The zero-order valence-corrected chi connectivity index (χ0v) is 14.3. The van der Waals surface area contributed by atoms with Gasteiger partial charge >= 0.3 is 6.18 Å². The zero-order chi connectivity index (χ0) is 18.2. The lowest BCUT2D eigenvalue weighted by Crippen LogP contribution is -2.44. The Hall–Kier alpha value is -1.64. The molecule has 0 bridgehead atoms. The van der Waals surface area contributed by atoms with E-state index in [-0.39, 0.29) is 15.7 Å². The number of halogens is 5. The molecule has 1 aromatic heterocycles. The molecule has 3 rings (SSSR count). The van der Waals surface area contributed by atoms with Gasteiger partial charge in [0.1, 0.15) is 5.03 Å². The number of hydrogen-bond donors (Lipinski definition) is 1. The van der Waals surface area contributed by atoms with Gasteiger partial charge in [-0.1, -0.05) is 23.2 Å². The van der Waals surface area contributed by atoms with Gasteiger partial charge in [-0.3, -0.25) is 14.8 Å². The number of alkyl halides is 3. The Kier molecular flexibility index (Phi) is 5.04. The van der Waals surface area contributed by atoms with E-state index < -0.39 is 23.6 Å². The molecule has 0 spiro atoms. The highest BCUT2D eigenvalue weighted by atomic mass is 35.5. The van der Waals surface area contributed by atoms with E-state index in [1.165, 1.54) is 6.21 Å². The molecular formula is C15H13Cl2F3N4O. The first kappa shape index (κ1) is 18.2. The van der Waals surface area contributed by atoms with E-state index in [0.717, 1.165) is 19.2 Å². The minimum Gasteiger partial charge on any atom is -0.366 e. The summed E-state index contributed by atoms with van der Waals surface area (Å²) in [4.78, 5) is 22.3. The summed E-state index contributed by atoms with van der Waals surface area (Å²) in [7, 11) is 0. The summed E-state index contributed by atoms with van der Waals surface area (Å²) in [6.45, 7) is 2.86. The van der Waals surface area contributed by atoms with Crippen LogP contribution in [0.5, 0.6) is 0 Å². The Morgan fingerprint density at radius 2 is 1.92 bits per heavy atom. The van der Waals surface area contributed by atoms with E-state index in [1.807, 2.05) is 4.90 Å². The fourth-order valence-corrected chi connectivity index (χ4v) is 3.18. The zero-order valence-electron chi connectivity index (χ0n) is 12.8. The lowest BCUT2D eigenvalue weighted by Gasteiger charge is -2.32. The molecule has 2 aliphatic rings. The minimum absolute atomic E-state index is 0.0142. The average Bonchev–Trinajstić information content (AvgIpc) is 2.57. The van der Waals surface area contributed by atoms with Gasteiger partial charge in [0.2, 0.25) is 5.78 Å². The molecular weight excluding hydrogens is 380 g/mol. The number of Topliss-reactive ketones (excluding diaryl/α,β-unsaturated/α-hetero) is 1. The summed E-state index contributed by atoms with van der Waals surface area (Å²) >= 11 is 12.1. The number of hydrogen-bond acceptors (Lipinski definition) is 5. The van der Waals surface area contributed by atoms with Gasteiger partial charge in [0.15, 0.2) is 6.04 Å². The predicted octanol–water partition coefficient (Wildman–Crippen LogP) is 2.80. The molecule has 5 nitrogen and oxygen atoms in total. The molecule has 10 heteroatoms. The number of nitrogens with zero attached hydrogens (tertiary/aromatic N) is 3. The standard InChI is InChI=1S/C15H13Cl2F3N4O/c16-9-5-8(15(18,19)20)6-22-12(9)13-14(25)11(17)10(7-23-13)24-3-1-21-2-4-24/h5-7,13,21H,1-4H2/t13-/m0/s1. The lowest BCUT2D eigenvalue weighted by atomic mass is 10.0. The van der Waals surface area contributed by atoms with Gasteiger partial charge < -0.3 is 10.2 Å². The number of ketones is 1. The molecule has 1 N–H and O–H groups in total. The lowest BCUT2D eigenvalue weighted by molar-refractivity contribution is -0.137. The molecule has 0 amide bonds. The van der Waals surface area contributed by atoms with Crippen LogP contribution in [0.3, 0.4) is 0 Å². The maximum atomic E-state index is 12.7. The Labute approximate surface area is 151 Å². The van der Waals surface area contributed by atoms with Crippen molar-refractivity contribution in [3.8, 4) is 0 Å². The average molecular weight is 393 g/mol. The Balaban J connectivity index is 1.88. The molecule has 0 radical (unpaired) electrons. The quantitative estimate of drug-likeness (QED) is 0.840. The molecule has 0 saturated carbocycles. The van der Waals surface area contributed by atoms with Crippen molar-refractivity contribution in [1.82, 2.24) is 15.2 Å². The number of allylic oxidation sites excluding steroid dienone is 1. The second kappa shape index (κ2) is 6.93. The van der Waals surface area contributed by atoms with Crippen molar-refractivity contribution in [2.75, 3.05) is 26.2 Å². The van der Waals surface area contributed by atoms with Crippen LogP contribution in [0.2, 0.25) is 5.02 Å². The SMILES string of the molecule is O=C1C(Cl)=C(N2CCNCC2)C=N[C@H]1c1ncc(C(F)(F)F)cc1Cl. The molecule has 1 saturated heterocycles. The van der Waals surface area contributed by atoms with E-state index in [1.54, 1.807) is 0 Å². The smallest absolute Gasteiger partial charge is 0.366 e. The van der Waals surface area contributed by atoms with Gasteiger partial charge in [-0.15, -0.1) is 0 Å². The van der Waals surface area contributed by atoms with Gasteiger partial charge in [0, 0.05) is 38.6 Å². The molecule has 1 aromatic rings. The summed E-state index contributed by atoms with van der Waals surface area (Å²) < 4.78 is 38.1. The van der Waals surface area contributed by atoms with Gasteiger partial charge in [-0.05, 0) is 6.07 Å².